The molecule has 0 aliphatic heterocycles. The number of hydrogen-bond acceptors (Lipinski definition) is 5. The van der Waals surface area contributed by atoms with Crippen LogP contribution in [-0.2, 0) is 0 Å². The molecule has 0 aliphatic carbocycles. The Labute approximate surface area is 208 Å². The fourth-order valence-electron chi connectivity index (χ4n) is 3.46. The summed E-state index contributed by atoms with van der Waals surface area (Å²) in [7, 11) is 3.94. The standard InChI is InChI=1S/C29H35FN4O/c1-4-5-6-7-8-9-20-35-27-17-10-23(11-18-27)22-31-25-14-19-29(28(30)21-25)33-32-24-12-15-26(16-13-24)34(2)3/h10-19,21-22H,4-9,20H2,1-3H3. The monoisotopic (exact) mass is 474 g/mol. The van der Waals surface area contributed by atoms with Gasteiger partial charge in [-0.25, -0.2) is 4.39 Å². The Morgan fingerprint density at radius 3 is 2.17 bits per heavy atom. The Morgan fingerprint density at radius 2 is 1.49 bits per heavy atom. The maximum Gasteiger partial charge on any atom is 0.152 e. The molecule has 0 radical (unpaired) electrons. The molecular weight excluding hydrogens is 439 g/mol. The molecule has 5 nitrogen and oxygen atoms in total. The number of nitrogens with zero attached hydrogens (tertiary/aromatic N) is 4. The lowest BCUT2D eigenvalue weighted by Gasteiger charge is -2.11. The minimum atomic E-state index is -0.466. The summed E-state index contributed by atoms with van der Waals surface area (Å²) in [5.74, 6) is 0.388. The molecule has 0 spiro atoms. The van der Waals surface area contributed by atoms with Crippen LogP contribution in [0.15, 0.2) is 82.0 Å². The smallest absolute Gasteiger partial charge is 0.152 e. The lowest BCUT2D eigenvalue weighted by atomic mass is 10.1. The molecule has 0 saturated carbocycles. The Bertz CT molecular complexity index is 1090. The first-order valence-electron chi connectivity index (χ1n) is 12.3. The van der Waals surface area contributed by atoms with Crippen LogP contribution in [0.2, 0.25) is 0 Å². The predicted octanol–water partition coefficient (Wildman–Crippen LogP) is 8.80. The number of azo groups is 1. The topological polar surface area (TPSA) is 49.6 Å². The van der Waals surface area contributed by atoms with E-state index in [4.69, 9.17) is 4.74 Å². The third-order valence-corrected chi connectivity index (χ3v) is 5.58. The van der Waals surface area contributed by atoms with Gasteiger partial charge in [0, 0.05) is 32.1 Å². The zero-order chi connectivity index (χ0) is 24.9. The third-order valence-electron chi connectivity index (χ3n) is 5.58. The van der Waals surface area contributed by atoms with E-state index in [9.17, 15) is 4.39 Å². The molecule has 0 fully saturated rings. The van der Waals surface area contributed by atoms with Gasteiger partial charge in [-0.3, -0.25) is 4.99 Å². The van der Waals surface area contributed by atoms with Gasteiger partial charge in [0.05, 0.1) is 18.0 Å². The highest BCUT2D eigenvalue weighted by Gasteiger charge is 2.03. The zero-order valence-electron chi connectivity index (χ0n) is 21.0. The minimum Gasteiger partial charge on any atom is -0.494 e. The number of rotatable bonds is 13. The Hall–Kier alpha value is -3.54. The highest BCUT2D eigenvalue weighted by molar-refractivity contribution is 5.82. The SMILES string of the molecule is CCCCCCCCOc1ccc(C=Nc2ccc(N=Nc3ccc(N(C)C)cc3)c(F)c2)cc1. The molecule has 0 aromatic heterocycles. The number of halogens is 1. The number of aliphatic imine (C=N–C) groups is 1. The van der Waals surface area contributed by atoms with Crippen LogP contribution in [0.4, 0.5) is 27.1 Å². The summed E-state index contributed by atoms with van der Waals surface area (Å²) < 4.78 is 20.3. The lowest BCUT2D eigenvalue weighted by molar-refractivity contribution is 0.304. The first-order chi connectivity index (χ1) is 17.0. The summed E-state index contributed by atoms with van der Waals surface area (Å²) in [5, 5.41) is 8.17. The molecule has 0 saturated heterocycles. The van der Waals surface area contributed by atoms with Crippen molar-refractivity contribution in [1.29, 1.82) is 0 Å². The molecule has 0 N–H and O–H groups in total. The number of benzene rings is 3. The maximum atomic E-state index is 14.5. The average Bonchev–Trinajstić information content (AvgIpc) is 2.87. The van der Waals surface area contributed by atoms with Gasteiger partial charge in [-0.1, -0.05) is 39.0 Å². The normalized spacial score (nSPS) is 11.4. The maximum absolute atomic E-state index is 14.5. The van der Waals surface area contributed by atoms with Gasteiger partial charge in [-0.2, -0.15) is 5.11 Å². The second-order valence-electron chi connectivity index (χ2n) is 8.69. The highest BCUT2D eigenvalue weighted by Crippen LogP contribution is 2.26. The fourth-order valence-corrected chi connectivity index (χ4v) is 3.46. The van der Waals surface area contributed by atoms with E-state index in [2.05, 4.69) is 22.1 Å². The van der Waals surface area contributed by atoms with Crippen molar-refractivity contribution in [3.63, 3.8) is 0 Å². The van der Waals surface area contributed by atoms with Crippen molar-refractivity contribution in [2.45, 2.75) is 45.4 Å². The Morgan fingerprint density at radius 1 is 0.800 bits per heavy atom. The van der Waals surface area contributed by atoms with Crippen LogP contribution in [0, 0.1) is 5.82 Å². The first-order valence-corrected chi connectivity index (χ1v) is 12.3. The number of ether oxygens (including phenoxy) is 1. The van der Waals surface area contributed by atoms with Crippen molar-refractivity contribution >= 4 is 29.0 Å². The summed E-state index contributed by atoms with van der Waals surface area (Å²) in [6.07, 6.45) is 9.18. The van der Waals surface area contributed by atoms with Gasteiger partial charge in [-0.05, 0) is 72.6 Å². The fraction of sp³-hybridized carbons (Fsp3) is 0.345. The van der Waals surface area contributed by atoms with Crippen LogP contribution in [0.25, 0.3) is 0 Å². The van der Waals surface area contributed by atoms with Crippen LogP contribution in [0.3, 0.4) is 0 Å². The van der Waals surface area contributed by atoms with E-state index in [1.54, 1.807) is 18.3 Å². The van der Waals surface area contributed by atoms with E-state index in [1.165, 1.54) is 38.2 Å². The van der Waals surface area contributed by atoms with Crippen LogP contribution >= 0.6 is 0 Å². The summed E-state index contributed by atoms with van der Waals surface area (Å²) >= 11 is 0. The Kier molecular flexibility index (Phi) is 10.4. The zero-order valence-corrected chi connectivity index (χ0v) is 21.0. The minimum absolute atomic E-state index is 0.174. The van der Waals surface area contributed by atoms with Crippen LogP contribution in [-0.4, -0.2) is 26.9 Å². The van der Waals surface area contributed by atoms with Gasteiger partial charge in [0.25, 0.3) is 0 Å². The van der Waals surface area contributed by atoms with Crippen molar-refractivity contribution in [3.8, 4) is 5.75 Å². The van der Waals surface area contributed by atoms with Crippen molar-refractivity contribution in [2.24, 2.45) is 15.2 Å². The molecular formula is C29H35FN4O. The number of unbranched alkanes of at least 4 members (excludes halogenated alkanes) is 5. The summed E-state index contributed by atoms with van der Waals surface area (Å²) in [6.45, 7) is 2.97. The molecule has 0 aliphatic rings. The van der Waals surface area contributed by atoms with Crippen LogP contribution in [0.5, 0.6) is 5.75 Å². The molecule has 6 heteroatoms. The molecule has 0 bridgehead atoms. The van der Waals surface area contributed by atoms with Gasteiger partial charge in [0.2, 0.25) is 0 Å². The molecule has 0 amide bonds. The van der Waals surface area contributed by atoms with Crippen LogP contribution < -0.4 is 9.64 Å². The molecule has 184 valence electrons. The highest BCUT2D eigenvalue weighted by atomic mass is 19.1. The second kappa shape index (κ2) is 14.0. The summed E-state index contributed by atoms with van der Waals surface area (Å²) in [4.78, 5) is 6.38. The second-order valence-corrected chi connectivity index (χ2v) is 8.69. The van der Waals surface area contributed by atoms with Crippen molar-refractivity contribution in [1.82, 2.24) is 0 Å². The van der Waals surface area contributed by atoms with Crippen molar-refractivity contribution in [2.75, 3.05) is 25.6 Å². The number of hydrogen-bond donors (Lipinski definition) is 0. The van der Waals surface area contributed by atoms with E-state index in [1.807, 2.05) is 67.5 Å². The van der Waals surface area contributed by atoms with Crippen molar-refractivity contribution in [3.05, 3.63) is 78.1 Å². The average molecular weight is 475 g/mol. The van der Waals surface area contributed by atoms with Gasteiger partial charge in [0.1, 0.15) is 11.4 Å². The molecule has 0 unspecified atom stereocenters. The molecule has 0 heterocycles. The lowest BCUT2D eigenvalue weighted by Crippen LogP contribution is -2.07. The largest absolute Gasteiger partial charge is 0.494 e. The third kappa shape index (κ3) is 8.96. The number of anilines is 1. The molecule has 3 aromatic rings. The van der Waals surface area contributed by atoms with E-state index < -0.39 is 5.82 Å². The predicted molar refractivity (Wildman–Crippen MR) is 144 cm³/mol. The van der Waals surface area contributed by atoms with E-state index in [0.717, 1.165) is 30.0 Å². The van der Waals surface area contributed by atoms with E-state index in [-0.39, 0.29) is 5.69 Å². The first kappa shape index (κ1) is 26.1. The van der Waals surface area contributed by atoms with Gasteiger partial charge < -0.3 is 9.64 Å². The molecule has 0 atom stereocenters. The van der Waals surface area contributed by atoms with Gasteiger partial charge in [-0.15, -0.1) is 5.11 Å². The molecule has 3 aromatic carbocycles. The Balaban J connectivity index is 1.49. The molecule has 35 heavy (non-hydrogen) atoms. The van der Waals surface area contributed by atoms with E-state index in [0.29, 0.717) is 11.4 Å². The van der Waals surface area contributed by atoms with E-state index >= 15 is 0 Å². The van der Waals surface area contributed by atoms with Gasteiger partial charge >= 0.3 is 0 Å². The summed E-state index contributed by atoms with van der Waals surface area (Å²) in [5.41, 5.74) is 3.33. The van der Waals surface area contributed by atoms with Crippen molar-refractivity contribution < 1.29 is 9.13 Å². The molecule has 3 rings (SSSR count). The quantitative estimate of drug-likeness (QED) is 0.141. The van der Waals surface area contributed by atoms with Gasteiger partial charge in [0.15, 0.2) is 5.82 Å². The summed E-state index contributed by atoms with van der Waals surface area (Å²) in [6, 6.07) is 20.0. The van der Waals surface area contributed by atoms with Crippen LogP contribution in [0.1, 0.15) is 51.0 Å².